The quantitative estimate of drug-likeness (QED) is 0.297. The van der Waals surface area contributed by atoms with E-state index in [-0.39, 0.29) is 11.3 Å². The lowest BCUT2D eigenvalue weighted by atomic mass is 10.0. The molecule has 4 aromatic rings. The minimum absolute atomic E-state index is 0.0472. The molecule has 27 heavy (non-hydrogen) atoms. The molecule has 4 rings (SSSR count). The van der Waals surface area contributed by atoms with Crippen molar-refractivity contribution >= 4 is 40.2 Å². The highest BCUT2D eigenvalue weighted by Crippen LogP contribution is 2.21. The van der Waals surface area contributed by atoms with E-state index in [2.05, 4.69) is 15.0 Å². The van der Waals surface area contributed by atoms with Gasteiger partial charge in [0.2, 0.25) is 0 Å². The lowest BCUT2D eigenvalue weighted by Gasteiger charge is -2.05. The van der Waals surface area contributed by atoms with Crippen molar-refractivity contribution in [2.75, 3.05) is 0 Å². The molecule has 2 aromatic heterocycles. The van der Waals surface area contributed by atoms with E-state index in [0.717, 1.165) is 5.56 Å². The Bertz CT molecular complexity index is 1160. The summed E-state index contributed by atoms with van der Waals surface area (Å²) in [5.74, 6) is 0.582. The highest BCUT2D eigenvalue weighted by atomic mass is 35.5. The van der Waals surface area contributed by atoms with E-state index >= 15 is 0 Å². The van der Waals surface area contributed by atoms with Crippen LogP contribution in [0.2, 0.25) is 5.02 Å². The predicted octanol–water partition coefficient (Wildman–Crippen LogP) is 4.43. The summed E-state index contributed by atoms with van der Waals surface area (Å²) >= 11 is 7.29. The van der Waals surface area contributed by atoms with Gasteiger partial charge >= 0.3 is 0 Å². The Morgan fingerprint density at radius 1 is 1.00 bits per heavy atom. The van der Waals surface area contributed by atoms with Crippen molar-refractivity contribution in [3.8, 4) is 0 Å². The molecule has 0 spiro atoms. The van der Waals surface area contributed by atoms with E-state index in [0.29, 0.717) is 38.1 Å². The van der Waals surface area contributed by atoms with E-state index in [1.807, 2.05) is 12.1 Å². The molecular weight excluding hydrogens is 382 g/mol. The number of carbonyl (C=O) groups excluding carboxylic acids is 1. The lowest BCUT2D eigenvalue weighted by Crippen LogP contribution is -2.08. The molecule has 2 N–H and O–H groups in total. The molecule has 0 amide bonds. The fourth-order valence-corrected chi connectivity index (χ4v) is 3.61. The van der Waals surface area contributed by atoms with Crippen LogP contribution in [0.15, 0.2) is 70.7 Å². The fraction of sp³-hybridized carbons (Fsp3) is 0.0500. The van der Waals surface area contributed by atoms with Crippen LogP contribution in [-0.2, 0) is 5.75 Å². The van der Waals surface area contributed by atoms with Crippen molar-refractivity contribution in [3.63, 3.8) is 0 Å². The Labute approximate surface area is 163 Å². The van der Waals surface area contributed by atoms with Crippen molar-refractivity contribution in [2.45, 2.75) is 10.9 Å². The first-order chi connectivity index (χ1) is 13.1. The van der Waals surface area contributed by atoms with Crippen molar-refractivity contribution in [3.05, 3.63) is 92.9 Å². The minimum atomic E-state index is -0.160. The van der Waals surface area contributed by atoms with Gasteiger partial charge in [-0.05, 0) is 35.9 Å². The molecule has 0 aliphatic rings. The van der Waals surface area contributed by atoms with E-state index in [9.17, 15) is 9.59 Å². The maximum atomic E-state index is 12.5. The fourth-order valence-electron chi connectivity index (χ4n) is 2.67. The number of rotatable bonds is 5. The molecule has 5 nitrogen and oxygen atoms in total. The summed E-state index contributed by atoms with van der Waals surface area (Å²) < 4.78 is 0. The smallest absolute Gasteiger partial charge is 0.261 e. The number of hydrogen-bond donors (Lipinski definition) is 2. The topological polar surface area (TPSA) is 78.6 Å². The van der Waals surface area contributed by atoms with Crippen LogP contribution in [0.25, 0.3) is 11.0 Å². The number of nitrogens with one attached hydrogen (secondary N) is 2. The van der Waals surface area contributed by atoms with Gasteiger partial charge in [-0.2, -0.15) is 0 Å². The number of aromatic nitrogens is 3. The number of H-pyrrole nitrogens is 2. The number of hydrogen-bond acceptors (Lipinski definition) is 4. The van der Waals surface area contributed by atoms with Crippen LogP contribution in [0.5, 0.6) is 0 Å². The van der Waals surface area contributed by atoms with Crippen LogP contribution < -0.4 is 5.56 Å². The van der Waals surface area contributed by atoms with Crippen LogP contribution in [0.4, 0.5) is 0 Å². The second-order valence-electron chi connectivity index (χ2n) is 5.93. The Hall–Kier alpha value is -2.83. The maximum Gasteiger partial charge on any atom is 0.261 e. The highest BCUT2D eigenvalue weighted by molar-refractivity contribution is 7.98. The third kappa shape index (κ3) is 3.82. The molecule has 0 unspecified atom stereocenters. The van der Waals surface area contributed by atoms with Gasteiger partial charge in [0.05, 0.1) is 5.39 Å². The second-order valence-corrected chi connectivity index (χ2v) is 7.33. The largest absolute Gasteiger partial charge is 0.346 e. The molecule has 0 radical (unpaired) electrons. The molecule has 134 valence electrons. The molecule has 0 saturated heterocycles. The monoisotopic (exact) mass is 395 g/mol. The third-order valence-electron chi connectivity index (χ3n) is 4.10. The minimum Gasteiger partial charge on any atom is -0.346 e. The number of thioether (sulfide) groups is 1. The summed E-state index contributed by atoms with van der Waals surface area (Å²) in [7, 11) is 0. The zero-order chi connectivity index (χ0) is 18.8. The second kappa shape index (κ2) is 7.42. The van der Waals surface area contributed by atoms with Crippen molar-refractivity contribution < 1.29 is 4.79 Å². The molecule has 0 bridgehead atoms. The van der Waals surface area contributed by atoms with Gasteiger partial charge in [0, 0.05) is 28.1 Å². The lowest BCUT2D eigenvalue weighted by molar-refractivity contribution is 0.103. The summed E-state index contributed by atoms with van der Waals surface area (Å²) in [6.07, 6.45) is 1.69. The maximum absolute atomic E-state index is 12.5. The van der Waals surface area contributed by atoms with Gasteiger partial charge in [-0.3, -0.25) is 9.59 Å². The molecule has 0 fully saturated rings. The Kier molecular flexibility index (Phi) is 4.83. The summed E-state index contributed by atoms with van der Waals surface area (Å²) in [5, 5.41) is 1.70. The number of halogens is 1. The Morgan fingerprint density at radius 3 is 2.37 bits per heavy atom. The van der Waals surface area contributed by atoms with Crippen LogP contribution in [0.3, 0.4) is 0 Å². The predicted molar refractivity (Wildman–Crippen MR) is 108 cm³/mol. The molecule has 0 saturated carbocycles. The Morgan fingerprint density at radius 2 is 1.67 bits per heavy atom. The number of nitrogens with zero attached hydrogens (tertiary/aromatic N) is 1. The zero-order valence-electron chi connectivity index (χ0n) is 14.0. The molecule has 0 aliphatic heterocycles. The summed E-state index contributed by atoms with van der Waals surface area (Å²) in [4.78, 5) is 34.6. The van der Waals surface area contributed by atoms with E-state index in [1.54, 1.807) is 48.7 Å². The van der Waals surface area contributed by atoms with Gasteiger partial charge in [0.1, 0.15) is 5.65 Å². The molecular formula is C20H14ClN3O2S. The van der Waals surface area contributed by atoms with Crippen LogP contribution in [0, 0.1) is 0 Å². The molecule has 0 atom stereocenters. The van der Waals surface area contributed by atoms with Crippen molar-refractivity contribution in [1.29, 1.82) is 0 Å². The SMILES string of the molecule is O=C(c1ccc(Cl)cc1)c1ccc(CSc2nc3[nH]ccc3c(=O)[nH]2)cc1. The first-order valence-electron chi connectivity index (χ1n) is 8.19. The molecule has 2 aromatic carbocycles. The third-order valence-corrected chi connectivity index (χ3v) is 5.30. The van der Waals surface area contributed by atoms with Crippen molar-refractivity contribution in [2.24, 2.45) is 0 Å². The standard InChI is InChI=1S/C20H14ClN3O2S/c21-15-7-5-14(6-8-15)17(25)13-3-1-12(2-4-13)11-27-20-23-18-16(9-10-22-18)19(26)24-20/h1-10H,11H2,(H2,22,23,24,26). The van der Waals surface area contributed by atoms with Gasteiger partial charge in [-0.25, -0.2) is 4.98 Å². The number of carbonyl (C=O) groups is 1. The Balaban J connectivity index is 1.46. The summed E-state index contributed by atoms with van der Waals surface area (Å²) in [5.41, 5.74) is 2.66. The number of benzene rings is 2. The van der Waals surface area contributed by atoms with Crippen LogP contribution >= 0.6 is 23.4 Å². The van der Waals surface area contributed by atoms with E-state index in [1.165, 1.54) is 11.8 Å². The van der Waals surface area contributed by atoms with Crippen LogP contribution in [-0.4, -0.2) is 20.7 Å². The number of ketones is 1. The first kappa shape index (κ1) is 17.6. The molecule has 2 heterocycles. The molecule has 7 heteroatoms. The van der Waals surface area contributed by atoms with Gasteiger partial charge in [-0.15, -0.1) is 0 Å². The molecule has 0 aliphatic carbocycles. The average molecular weight is 396 g/mol. The van der Waals surface area contributed by atoms with Gasteiger partial charge in [0.15, 0.2) is 10.9 Å². The number of aromatic amines is 2. The van der Waals surface area contributed by atoms with Gasteiger partial charge in [-0.1, -0.05) is 47.6 Å². The first-order valence-corrected chi connectivity index (χ1v) is 9.56. The van der Waals surface area contributed by atoms with E-state index in [4.69, 9.17) is 11.6 Å². The van der Waals surface area contributed by atoms with Crippen molar-refractivity contribution in [1.82, 2.24) is 15.0 Å². The van der Waals surface area contributed by atoms with E-state index < -0.39 is 0 Å². The number of fused-ring (bicyclic) bond motifs is 1. The van der Waals surface area contributed by atoms with Crippen LogP contribution in [0.1, 0.15) is 21.5 Å². The highest BCUT2D eigenvalue weighted by Gasteiger charge is 2.09. The summed E-state index contributed by atoms with van der Waals surface area (Å²) in [6, 6.07) is 16.0. The average Bonchev–Trinajstić information content (AvgIpc) is 3.16. The van der Waals surface area contributed by atoms with Gasteiger partial charge in [0.25, 0.3) is 5.56 Å². The van der Waals surface area contributed by atoms with Gasteiger partial charge < -0.3 is 9.97 Å². The normalized spacial score (nSPS) is 11.0. The summed E-state index contributed by atoms with van der Waals surface area (Å²) in [6.45, 7) is 0. The zero-order valence-corrected chi connectivity index (χ0v) is 15.6.